The Labute approximate surface area is 205 Å². The van der Waals surface area contributed by atoms with Crippen LogP contribution >= 0.6 is 0 Å². The van der Waals surface area contributed by atoms with Gasteiger partial charge in [0.2, 0.25) is 0 Å². The van der Waals surface area contributed by atoms with Crippen LogP contribution in [-0.2, 0) is 22.4 Å². The van der Waals surface area contributed by atoms with Crippen molar-refractivity contribution in [2.24, 2.45) is 0 Å². The Morgan fingerprint density at radius 3 is 2.32 bits per heavy atom. The van der Waals surface area contributed by atoms with E-state index in [2.05, 4.69) is 38.8 Å². The van der Waals surface area contributed by atoms with Crippen LogP contribution in [0.25, 0.3) is 0 Å². The zero-order chi connectivity index (χ0) is 24.9. The van der Waals surface area contributed by atoms with E-state index in [0.717, 1.165) is 18.4 Å². The maximum atomic E-state index is 15.4. The molecule has 2 aromatic rings. The molecule has 1 heterocycles. The van der Waals surface area contributed by atoms with Crippen LogP contribution in [0.1, 0.15) is 44.7 Å². The highest BCUT2D eigenvalue weighted by atomic mass is 28.4. The molecule has 1 aliphatic rings. The molecule has 1 aliphatic heterocycles. The molecule has 0 aromatic heterocycles. The molecule has 0 aliphatic carbocycles. The summed E-state index contributed by atoms with van der Waals surface area (Å²) in [5.74, 6) is -0.199. The molecule has 0 bridgehead atoms. The fourth-order valence-corrected chi connectivity index (χ4v) is 4.81. The molecule has 34 heavy (non-hydrogen) atoms. The molecule has 1 fully saturated rings. The quantitative estimate of drug-likeness (QED) is 0.414. The lowest BCUT2D eigenvalue weighted by Gasteiger charge is -2.38. The van der Waals surface area contributed by atoms with Crippen molar-refractivity contribution >= 4 is 20.1 Å². The second-order valence-electron chi connectivity index (χ2n) is 10.7. The molecule has 5 nitrogen and oxygen atoms in total. The second kappa shape index (κ2) is 10.9. The monoisotopic (exact) mass is 486 g/mol. The van der Waals surface area contributed by atoms with Gasteiger partial charge in [-0.1, -0.05) is 63.2 Å². The van der Waals surface area contributed by atoms with Crippen molar-refractivity contribution in [2.75, 3.05) is 25.0 Å². The van der Waals surface area contributed by atoms with Crippen LogP contribution < -0.4 is 4.90 Å². The van der Waals surface area contributed by atoms with Crippen LogP contribution in [0.2, 0.25) is 18.1 Å². The SMILES string of the molecule is CN(C(=O)OCc1ccccc1)C1CCN(c2cccc(CO[Si](C)(C)C(C)(C)C)c2F)CC1. The third-order valence-corrected chi connectivity index (χ3v) is 11.8. The lowest BCUT2D eigenvalue weighted by atomic mass is 10.0. The average molecular weight is 487 g/mol. The minimum absolute atomic E-state index is 0.0766. The van der Waals surface area contributed by atoms with E-state index in [4.69, 9.17) is 9.16 Å². The van der Waals surface area contributed by atoms with Crippen molar-refractivity contribution in [1.29, 1.82) is 0 Å². The Hall–Kier alpha value is -2.38. The minimum Gasteiger partial charge on any atom is -0.445 e. The number of anilines is 1. The topological polar surface area (TPSA) is 42.0 Å². The first-order valence-corrected chi connectivity index (χ1v) is 15.0. The summed E-state index contributed by atoms with van der Waals surface area (Å²) in [6.07, 6.45) is 1.21. The number of amides is 1. The summed E-state index contributed by atoms with van der Waals surface area (Å²) in [6.45, 7) is 12.8. The van der Waals surface area contributed by atoms with E-state index in [9.17, 15) is 4.79 Å². The number of hydrogen-bond donors (Lipinski definition) is 0. The van der Waals surface area contributed by atoms with Crippen LogP contribution in [0.4, 0.5) is 14.9 Å². The molecule has 3 rings (SSSR count). The number of carbonyl (C=O) groups excluding carboxylic acids is 1. The summed E-state index contributed by atoms with van der Waals surface area (Å²) < 4.78 is 27.1. The number of nitrogens with zero attached hydrogens (tertiary/aromatic N) is 2. The van der Waals surface area contributed by atoms with E-state index in [-0.39, 0.29) is 29.6 Å². The number of rotatable bonds is 7. The van der Waals surface area contributed by atoms with E-state index < -0.39 is 8.32 Å². The Bertz CT molecular complexity index is 954. The number of hydrogen-bond acceptors (Lipinski definition) is 4. The predicted octanol–water partition coefficient (Wildman–Crippen LogP) is 6.58. The van der Waals surface area contributed by atoms with Gasteiger partial charge in [-0.25, -0.2) is 9.18 Å². The molecular weight excluding hydrogens is 447 g/mol. The Morgan fingerprint density at radius 1 is 1.06 bits per heavy atom. The average Bonchev–Trinajstić information content (AvgIpc) is 2.81. The fraction of sp³-hybridized carbons (Fsp3) is 0.519. The molecule has 2 aromatic carbocycles. The zero-order valence-electron chi connectivity index (χ0n) is 21.4. The summed E-state index contributed by atoms with van der Waals surface area (Å²) in [7, 11) is -0.174. The van der Waals surface area contributed by atoms with E-state index in [1.165, 1.54) is 0 Å². The van der Waals surface area contributed by atoms with Gasteiger partial charge < -0.3 is 19.0 Å². The maximum absolute atomic E-state index is 15.4. The van der Waals surface area contributed by atoms with Crippen LogP contribution in [0.15, 0.2) is 48.5 Å². The van der Waals surface area contributed by atoms with E-state index in [0.29, 0.717) is 30.9 Å². The van der Waals surface area contributed by atoms with Gasteiger partial charge in [0.05, 0.1) is 12.3 Å². The van der Waals surface area contributed by atoms with Crippen molar-refractivity contribution in [3.63, 3.8) is 0 Å². The Morgan fingerprint density at radius 2 is 1.71 bits per heavy atom. The van der Waals surface area contributed by atoms with Crippen molar-refractivity contribution in [3.05, 3.63) is 65.5 Å². The second-order valence-corrected chi connectivity index (χ2v) is 15.5. The lowest BCUT2D eigenvalue weighted by Crippen LogP contribution is -2.46. The summed E-state index contributed by atoms with van der Waals surface area (Å²) in [6, 6.07) is 15.3. The van der Waals surface area contributed by atoms with E-state index in [1.807, 2.05) is 48.5 Å². The van der Waals surface area contributed by atoms with Crippen LogP contribution in [0, 0.1) is 5.82 Å². The van der Waals surface area contributed by atoms with Crippen LogP contribution in [0.3, 0.4) is 0 Å². The van der Waals surface area contributed by atoms with Gasteiger partial charge in [-0.3, -0.25) is 0 Å². The minimum atomic E-state index is -1.96. The highest BCUT2D eigenvalue weighted by Gasteiger charge is 2.37. The molecule has 7 heteroatoms. The first-order chi connectivity index (χ1) is 16.0. The first-order valence-electron chi connectivity index (χ1n) is 12.1. The molecule has 1 amide bonds. The maximum Gasteiger partial charge on any atom is 0.410 e. The molecule has 1 saturated heterocycles. The first kappa shape index (κ1) is 26.2. The van der Waals surface area contributed by atoms with Gasteiger partial charge in [-0.15, -0.1) is 0 Å². The smallest absolute Gasteiger partial charge is 0.410 e. The molecule has 0 spiro atoms. The lowest BCUT2D eigenvalue weighted by molar-refractivity contribution is 0.0862. The number of piperidine rings is 1. The molecular formula is C27H39FN2O3Si. The fourth-order valence-electron chi connectivity index (χ4n) is 3.86. The van der Waals surface area contributed by atoms with E-state index >= 15 is 4.39 Å². The van der Waals surface area contributed by atoms with Gasteiger partial charge in [0.1, 0.15) is 6.61 Å². The van der Waals surface area contributed by atoms with Gasteiger partial charge in [0.25, 0.3) is 0 Å². The zero-order valence-corrected chi connectivity index (χ0v) is 22.4. The standard InChI is InChI=1S/C27H39FN2O3Si/c1-27(2,3)34(5,6)33-20-22-13-10-14-24(25(22)28)30-17-15-23(16-18-30)29(4)26(31)32-19-21-11-8-7-9-12-21/h7-14,23H,15-20H2,1-6H3. The molecule has 0 unspecified atom stereocenters. The van der Waals surface area contributed by atoms with Crippen LogP contribution in [-0.4, -0.2) is 45.5 Å². The molecule has 0 saturated carbocycles. The van der Waals surface area contributed by atoms with Crippen molar-refractivity contribution in [1.82, 2.24) is 4.90 Å². The third kappa shape index (κ3) is 6.39. The normalized spacial score (nSPS) is 15.3. The summed E-state index contributed by atoms with van der Waals surface area (Å²) in [5, 5.41) is 0.0806. The summed E-state index contributed by atoms with van der Waals surface area (Å²) >= 11 is 0. The van der Waals surface area contributed by atoms with Crippen LogP contribution in [0.5, 0.6) is 0 Å². The van der Waals surface area contributed by atoms with Crippen molar-refractivity contribution in [3.8, 4) is 0 Å². The molecule has 0 atom stereocenters. The summed E-state index contributed by atoms with van der Waals surface area (Å²) in [5.41, 5.74) is 2.18. The summed E-state index contributed by atoms with van der Waals surface area (Å²) in [4.78, 5) is 16.3. The molecule has 0 N–H and O–H groups in total. The van der Waals surface area contributed by atoms with Gasteiger partial charge in [0, 0.05) is 31.7 Å². The van der Waals surface area contributed by atoms with Gasteiger partial charge in [-0.2, -0.15) is 0 Å². The van der Waals surface area contributed by atoms with E-state index in [1.54, 1.807) is 11.9 Å². The number of ether oxygens (including phenoxy) is 1. The highest BCUT2D eigenvalue weighted by Crippen LogP contribution is 2.37. The van der Waals surface area contributed by atoms with Gasteiger partial charge in [0.15, 0.2) is 14.1 Å². The number of halogens is 1. The largest absolute Gasteiger partial charge is 0.445 e. The Kier molecular flexibility index (Phi) is 8.41. The number of benzene rings is 2. The van der Waals surface area contributed by atoms with Gasteiger partial charge in [-0.05, 0) is 42.6 Å². The van der Waals surface area contributed by atoms with Crippen molar-refractivity contribution in [2.45, 2.75) is 71.0 Å². The molecule has 0 radical (unpaired) electrons. The van der Waals surface area contributed by atoms with Crippen molar-refractivity contribution < 1.29 is 18.3 Å². The highest BCUT2D eigenvalue weighted by molar-refractivity contribution is 6.74. The van der Waals surface area contributed by atoms with Gasteiger partial charge >= 0.3 is 6.09 Å². The number of carbonyl (C=O) groups is 1. The third-order valence-electron chi connectivity index (χ3n) is 7.30. The Balaban J connectivity index is 1.55. The predicted molar refractivity (Wildman–Crippen MR) is 138 cm³/mol. The molecule has 186 valence electrons.